The summed E-state index contributed by atoms with van der Waals surface area (Å²) in [6.45, 7) is 4.93. The van der Waals surface area contributed by atoms with Crippen LogP contribution in [0.1, 0.15) is 25.5 Å². The smallest absolute Gasteiger partial charge is 0.258 e. The average molecular weight is 438 g/mol. The molecule has 0 aliphatic carbocycles. The maximum atomic E-state index is 13.1. The van der Waals surface area contributed by atoms with Crippen LogP contribution in [0.25, 0.3) is 0 Å². The fourth-order valence-electron chi connectivity index (χ4n) is 2.84. The van der Waals surface area contributed by atoms with Gasteiger partial charge in [0, 0.05) is 0 Å². The Morgan fingerprint density at radius 1 is 1.19 bits per heavy atom. The zero-order valence-corrected chi connectivity index (χ0v) is 16.7. The van der Waals surface area contributed by atoms with E-state index in [0.29, 0.717) is 34.9 Å². The first kappa shape index (κ1) is 19.5. The fourth-order valence-corrected chi connectivity index (χ4v) is 3.30. The summed E-state index contributed by atoms with van der Waals surface area (Å²) < 4.78 is 30.3. The monoisotopic (exact) mass is 437 g/mol. The standard InChI is InChI=1S/C20H21BrFNO4/c1-12(2)20(13-3-5-17-18(9-13)26-8-7-25-17)23-19(24)11-27-16-6-4-14(22)10-15(16)21/h3-6,9-10,12,20H,7-8,11H2,1-2H3,(H,23,24). The molecule has 1 aliphatic heterocycles. The number of halogens is 2. The summed E-state index contributed by atoms with van der Waals surface area (Å²) in [5.41, 5.74) is 0.936. The normalized spacial score (nSPS) is 14.0. The molecule has 1 unspecified atom stereocenters. The van der Waals surface area contributed by atoms with Gasteiger partial charge in [-0.15, -0.1) is 0 Å². The van der Waals surface area contributed by atoms with Crippen LogP contribution in [-0.4, -0.2) is 25.7 Å². The van der Waals surface area contributed by atoms with Crippen LogP contribution in [0, 0.1) is 11.7 Å². The number of hydrogen-bond acceptors (Lipinski definition) is 4. The van der Waals surface area contributed by atoms with Crippen LogP contribution in [0.3, 0.4) is 0 Å². The Kier molecular flexibility index (Phi) is 6.21. The van der Waals surface area contributed by atoms with Gasteiger partial charge in [-0.25, -0.2) is 4.39 Å². The molecule has 0 saturated heterocycles. The van der Waals surface area contributed by atoms with Crippen LogP contribution in [0.5, 0.6) is 17.2 Å². The van der Waals surface area contributed by atoms with Crippen molar-refractivity contribution < 1.29 is 23.4 Å². The maximum Gasteiger partial charge on any atom is 0.258 e. The van der Waals surface area contributed by atoms with Gasteiger partial charge in [0.25, 0.3) is 5.91 Å². The van der Waals surface area contributed by atoms with Crippen LogP contribution in [0.4, 0.5) is 4.39 Å². The van der Waals surface area contributed by atoms with Gasteiger partial charge in [-0.1, -0.05) is 19.9 Å². The number of benzene rings is 2. The highest BCUT2D eigenvalue weighted by molar-refractivity contribution is 9.10. The van der Waals surface area contributed by atoms with Crippen molar-refractivity contribution in [2.45, 2.75) is 19.9 Å². The number of amides is 1. The highest BCUT2D eigenvalue weighted by Crippen LogP contribution is 2.34. The van der Waals surface area contributed by atoms with Gasteiger partial charge < -0.3 is 19.5 Å². The third-order valence-electron chi connectivity index (χ3n) is 4.16. The van der Waals surface area contributed by atoms with Gasteiger partial charge in [-0.05, 0) is 57.7 Å². The minimum atomic E-state index is -0.378. The van der Waals surface area contributed by atoms with Gasteiger partial charge in [-0.3, -0.25) is 4.79 Å². The molecular formula is C20H21BrFNO4. The minimum absolute atomic E-state index is 0.161. The highest BCUT2D eigenvalue weighted by atomic mass is 79.9. The van der Waals surface area contributed by atoms with Crippen LogP contribution < -0.4 is 19.5 Å². The number of carbonyl (C=O) groups excluding carboxylic acids is 1. The summed E-state index contributed by atoms with van der Waals surface area (Å²) in [4.78, 5) is 12.4. The van der Waals surface area contributed by atoms with Crippen molar-refractivity contribution >= 4 is 21.8 Å². The lowest BCUT2D eigenvalue weighted by atomic mass is 9.95. The Bertz CT molecular complexity index is 828. The van der Waals surface area contributed by atoms with Crippen LogP contribution >= 0.6 is 15.9 Å². The topological polar surface area (TPSA) is 56.8 Å². The molecule has 0 spiro atoms. The Morgan fingerprint density at radius 2 is 1.93 bits per heavy atom. The number of rotatable bonds is 6. The summed E-state index contributed by atoms with van der Waals surface area (Å²) in [7, 11) is 0. The molecule has 0 saturated carbocycles. The van der Waals surface area contributed by atoms with Crippen molar-refractivity contribution in [2.24, 2.45) is 5.92 Å². The Morgan fingerprint density at radius 3 is 2.63 bits per heavy atom. The number of carbonyl (C=O) groups is 1. The minimum Gasteiger partial charge on any atom is -0.486 e. The summed E-state index contributed by atoms with van der Waals surface area (Å²) in [6, 6.07) is 9.54. The van der Waals surface area contributed by atoms with E-state index in [1.165, 1.54) is 18.2 Å². The number of nitrogens with one attached hydrogen (secondary N) is 1. The largest absolute Gasteiger partial charge is 0.486 e. The highest BCUT2D eigenvalue weighted by Gasteiger charge is 2.21. The van der Waals surface area contributed by atoms with Gasteiger partial charge in [0.05, 0.1) is 10.5 Å². The van der Waals surface area contributed by atoms with Crippen molar-refractivity contribution in [1.82, 2.24) is 5.32 Å². The van der Waals surface area contributed by atoms with Crippen LogP contribution in [-0.2, 0) is 4.79 Å². The number of fused-ring (bicyclic) bond motifs is 1. The Hall–Kier alpha value is -2.28. The molecule has 0 aromatic heterocycles. The summed E-state index contributed by atoms with van der Waals surface area (Å²) in [5.74, 6) is 1.33. The zero-order chi connectivity index (χ0) is 19.4. The van der Waals surface area contributed by atoms with Crippen molar-refractivity contribution in [3.05, 3.63) is 52.3 Å². The van der Waals surface area contributed by atoms with Crippen molar-refractivity contribution in [3.63, 3.8) is 0 Å². The molecule has 2 aromatic carbocycles. The molecule has 27 heavy (non-hydrogen) atoms. The Balaban J connectivity index is 1.66. The lowest BCUT2D eigenvalue weighted by Gasteiger charge is -2.25. The zero-order valence-electron chi connectivity index (χ0n) is 15.1. The molecule has 0 fully saturated rings. The molecule has 1 atom stereocenters. The van der Waals surface area contributed by atoms with Gasteiger partial charge in [0.2, 0.25) is 0 Å². The maximum absolute atomic E-state index is 13.1. The van der Waals surface area contributed by atoms with Crippen molar-refractivity contribution in [1.29, 1.82) is 0 Å². The second-order valence-corrected chi connectivity index (χ2v) is 7.41. The summed E-state index contributed by atoms with van der Waals surface area (Å²) in [5, 5.41) is 2.99. The molecular weight excluding hydrogens is 417 g/mol. The third kappa shape index (κ3) is 4.91. The van der Waals surface area contributed by atoms with E-state index in [1.807, 2.05) is 32.0 Å². The van der Waals surface area contributed by atoms with Crippen molar-refractivity contribution in [2.75, 3.05) is 19.8 Å². The SMILES string of the molecule is CC(C)C(NC(=O)COc1ccc(F)cc1Br)c1ccc2c(c1)OCCO2. The first-order valence-electron chi connectivity index (χ1n) is 8.71. The van der Waals surface area contributed by atoms with E-state index in [2.05, 4.69) is 21.2 Å². The fraction of sp³-hybridized carbons (Fsp3) is 0.350. The molecule has 7 heteroatoms. The predicted octanol–water partition coefficient (Wildman–Crippen LogP) is 4.25. The molecule has 5 nitrogen and oxygen atoms in total. The van der Waals surface area contributed by atoms with Crippen molar-refractivity contribution in [3.8, 4) is 17.2 Å². The van der Waals surface area contributed by atoms with E-state index in [9.17, 15) is 9.18 Å². The number of ether oxygens (including phenoxy) is 3. The van der Waals surface area contributed by atoms with Gasteiger partial charge in [-0.2, -0.15) is 0 Å². The molecule has 1 aliphatic rings. The molecule has 1 N–H and O–H groups in total. The van der Waals surface area contributed by atoms with Gasteiger partial charge in [0.15, 0.2) is 18.1 Å². The second kappa shape index (κ2) is 8.61. The lowest BCUT2D eigenvalue weighted by molar-refractivity contribution is -0.124. The predicted molar refractivity (Wildman–Crippen MR) is 103 cm³/mol. The van der Waals surface area contributed by atoms with E-state index < -0.39 is 0 Å². The quantitative estimate of drug-likeness (QED) is 0.733. The number of hydrogen-bond donors (Lipinski definition) is 1. The first-order valence-corrected chi connectivity index (χ1v) is 9.50. The first-order chi connectivity index (χ1) is 12.9. The van der Waals surface area contributed by atoms with E-state index >= 15 is 0 Å². The molecule has 1 heterocycles. The average Bonchev–Trinajstić information content (AvgIpc) is 2.65. The third-order valence-corrected chi connectivity index (χ3v) is 4.78. The molecule has 0 bridgehead atoms. The second-order valence-electron chi connectivity index (χ2n) is 6.56. The van der Waals surface area contributed by atoms with E-state index in [-0.39, 0.29) is 30.3 Å². The van der Waals surface area contributed by atoms with Gasteiger partial charge in [0.1, 0.15) is 24.8 Å². The summed E-state index contributed by atoms with van der Waals surface area (Å²) in [6.07, 6.45) is 0. The Labute approximate surface area is 165 Å². The van der Waals surface area contributed by atoms with E-state index in [4.69, 9.17) is 14.2 Å². The van der Waals surface area contributed by atoms with E-state index in [1.54, 1.807) is 0 Å². The lowest BCUT2D eigenvalue weighted by Crippen LogP contribution is -2.35. The van der Waals surface area contributed by atoms with Crippen LogP contribution in [0.15, 0.2) is 40.9 Å². The molecule has 3 rings (SSSR count). The molecule has 1 amide bonds. The summed E-state index contributed by atoms with van der Waals surface area (Å²) >= 11 is 3.22. The molecule has 144 valence electrons. The molecule has 2 aromatic rings. The molecule has 0 radical (unpaired) electrons. The van der Waals surface area contributed by atoms with E-state index in [0.717, 1.165) is 5.56 Å². The van der Waals surface area contributed by atoms with Gasteiger partial charge >= 0.3 is 0 Å². The van der Waals surface area contributed by atoms with Crippen LogP contribution in [0.2, 0.25) is 0 Å².